The summed E-state index contributed by atoms with van der Waals surface area (Å²) in [5, 5.41) is 0.234. The second-order valence-electron chi connectivity index (χ2n) is 6.92. The summed E-state index contributed by atoms with van der Waals surface area (Å²) >= 11 is 6.19. The van der Waals surface area contributed by atoms with Crippen LogP contribution in [0.25, 0.3) is 0 Å². The molecule has 0 bridgehead atoms. The number of benzene rings is 2. The average molecular weight is 409 g/mol. The van der Waals surface area contributed by atoms with Crippen molar-refractivity contribution in [1.82, 2.24) is 4.31 Å². The molecule has 0 aliphatic carbocycles. The van der Waals surface area contributed by atoms with Crippen LogP contribution >= 0.6 is 11.6 Å². The maximum atomic E-state index is 13.3. The fraction of sp³-hybridized carbons (Fsp3) is 0.400. The number of rotatable bonds is 7. The van der Waals surface area contributed by atoms with Crippen LogP contribution in [0.1, 0.15) is 18.4 Å². The lowest BCUT2D eigenvalue weighted by molar-refractivity contribution is 0.0926. The second-order valence-corrected chi connectivity index (χ2v) is 9.24. The van der Waals surface area contributed by atoms with Gasteiger partial charge in [0.2, 0.25) is 10.0 Å². The van der Waals surface area contributed by atoms with Crippen LogP contribution in [0.5, 0.6) is 0 Å². The third kappa shape index (κ3) is 4.82. The number of sulfonamides is 1. The van der Waals surface area contributed by atoms with E-state index in [0.717, 1.165) is 24.1 Å². The average Bonchev–Trinajstić information content (AvgIpc) is 3.15. The summed E-state index contributed by atoms with van der Waals surface area (Å²) in [4.78, 5) is 2.14. The highest BCUT2D eigenvalue weighted by molar-refractivity contribution is 7.89. The summed E-state index contributed by atoms with van der Waals surface area (Å²) in [6.45, 7) is 1.28. The molecule has 0 aromatic heterocycles. The number of nitrogens with zero attached hydrogens (tertiary/aromatic N) is 2. The van der Waals surface area contributed by atoms with Crippen LogP contribution in [0.4, 0.5) is 5.69 Å². The van der Waals surface area contributed by atoms with Crippen molar-refractivity contribution in [1.29, 1.82) is 0 Å². The maximum Gasteiger partial charge on any atom is 0.244 e. The number of hydrogen-bond donors (Lipinski definition) is 0. The van der Waals surface area contributed by atoms with Gasteiger partial charge in [-0.3, -0.25) is 0 Å². The molecule has 3 rings (SSSR count). The van der Waals surface area contributed by atoms with E-state index in [9.17, 15) is 8.42 Å². The van der Waals surface area contributed by atoms with E-state index in [1.807, 2.05) is 43.3 Å². The van der Waals surface area contributed by atoms with Crippen molar-refractivity contribution >= 4 is 27.3 Å². The minimum absolute atomic E-state index is 0.0803. The van der Waals surface area contributed by atoms with Crippen LogP contribution in [0.2, 0.25) is 5.02 Å². The van der Waals surface area contributed by atoms with E-state index in [4.69, 9.17) is 16.3 Å². The molecule has 0 unspecified atom stereocenters. The van der Waals surface area contributed by atoms with Crippen LogP contribution < -0.4 is 4.90 Å². The van der Waals surface area contributed by atoms with Gasteiger partial charge in [0.25, 0.3) is 0 Å². The molecular formula is C20H25ClN2O3S. The zero-order valence-corrected chi connectivity index (χ0v) is 17.2. The third-order valence-electron chi connectivity index (χ3n) is 4.70. The van der Waals surface area contributed by atoms with Gasteiger partial charge in [-0.05, 0) is 42.7 Å². The molecule has 27 heavy (non-hydrogen) atoms. The molecule has 1 heterocycles. The molecule has 5 nitrogen and oxygen atoms in total. The molecule has 0 N–H and O–H groups in total. The van der Waals surface area contributed by atoms with E-state index in [0.29, 0.717) is 13.2 Å². The van der Waals surface area contributed by atoms with Gasteiger partial charge in [0.1, 0.15) is 4.90 Å². The monoisotopic (exact) mass is 408 g/mol. The lowest BCUT2D eigenvalue weighted by Gasteiger charge is -2.25. The molecule has 2 aromatic carbocycles. The molecule has 146 valence electrons. The van der Waals surface area contributed by atoms with Gasteiger partial charge in [-0.25, -0.2) is 8.42 Å². The Bertz CT molecular complexity index is 863. The zero-order chi connectivity index (χ0) is 19.4. The molecule has 1 fully saturated rings. The highest BCUT2D eigenvalue weighted by atomic mass is 35.5. The van der Waals surface area contributed by atoms with E-state index < -0.39 is 10.0 Å². The fourth-order valence-electron chi connectivity index (χ4n) is 3.16. The first-order valence-corrected chi connectivity index (χ1v) is 10.8. The molecule has 1 aliphatic rings. The quantitative estimate of drug-likeness (QED) is 0.699. The lowest BCUT2D eigenvalue weighted by Crippen LogP contribution is -2.37. The summed E-state index contributed by atoms with van der Waals surface area (Å²) < 4.78 is 33.8. The van der Waals surface area contributed by atoms with Gasteiger partial charge < -0.3 is 9.64 Å². The first-order valence-electron chi connectivity index (χ1n) is 9.00. The van der Waals surface area contributed by atoms with Gasteiger partial charge in [0, 0.05) is 39.5 Å². The molecule has 1 aliphatic heterocycles. The topological polar surface area (TPSA) is 49.9 Å². The maximum absolute atomic E-state index is 13.3. The molecule has 1 saturated heterocycles. The smallest absolute Gasteiger partial charge is 0.244 e. The number of ether oxygens (including phenoxy) is 1. The second kappa shape index (κ2) is 8.61. The van der Waals surface area contributed by atoms with Crippen molar-refractivity contribution in [2.45, 2.75) is 30.4 Å². The Morgan fingerprint density at radius 2 is 1.81 bits per heavy atom. The van der Waals surface area contributed by atoms with E-state index in [-0.39, 0.29) is 22.6 Å². The first-order chi connectivity index (χ1) is 12.9. The van der Waals surface area contributed by atoms with Crippen LogP contribution in [-0.4, -0.2) is 46.1 Å². The molecule has 7 heteroatoms. The summed E-state index contributed by atoms with van der Waals surface area (Å²) in [5.74, 6) is 0. The third-order valence-corrected chi connectivity index (χ3v) is 7.01. The zero-order valence-electron chi connectivity index (χ0n) is 15.6. The van der Waals surface area contributed by atoms with Crippen LogP contribution in [-0.2, 0) is 21.3 Å². The number of anilines is 1. The molecule has 0 spiro atoms. The highest BCUT2D eigenvalue weighted by Gasteiger charge is 2.30. The Balaban J connectivity index is 1.89. The minimum Gasteiger partial charge on any atom is -0.378 e. The summed E-state index contributed by atoms with van der Waals surface area (Å²) in [7, 11) is 0.213. The van der Waals surface area contributed by atoms with Gasteiger partial charge in [-0.2, -0.15) is 4.31 Å². The van der Waals surface area contributed by atoms with Gasteiger partial charge >= 0.3 is 0 Å². The predicted octanol–water partition coefficient (Wildman–Crippen LogP) is 3.78. The molecule has 1 atom stereocenters. The van der Waals surface area contributed by atoms with Crippen molar-refractivity contribution in [2.24, 2.45) is 0 Å². The summed E-state index contributed by atoms with van der Waals surface area (Å²) in [6.07, 6.45) is 1.75. The Morgan fingerprint density at radius 1 is 1.11 bits per heavy atom. The van der Waals surface area contributed by atoms with Crippen molar-refractivity contribution < 1.29 is 13.2 Å². The highest BCUT2D eigenvalue weighted by Crippen LogP contribution is 2.27. The van der Waals surface area contributed by atoms with E-state index in [2.05, 4.69) is 0 Å². The molecular weight excluding hydrogens is 384 g/mol. The minimum atomic E-state index is -3.73. The Hall–Kier alpha value is -1.60. The molecule has 0 amide bonds. The number of halogens is 1. The van der Waals surface area contributed by atoms with Crippen molar-refractivity contribution in [3.05, 3.63) is 59.1 Å². The molecule has 0 saturated carbocycles. The molecule has 0 radical (unpaired) electrons. The van der Waals surface area contributed by atoms with Crippen LogP contribution in [0.3, 0.4) is 0 Å². The SMILES string of the molecule is CN(C)c1ccc(CN(C[C@H]2CCCO2)S(=O)(=O)c2ccccc2Cl)cc1. The number of hydrogen-bond acceptors (Lipinski definition) is 4. The van der Waals surface area contributed by atoms with Crippen LogP contribution in [0.15, 0.2) is 53.4 Å². The van der Waals surface area contributed by atoms with Crippen molar-refractivity contribution in [3.8, 4) is 0 Å². The van der Waals surface area contributed by atoms with Crippen molar-refractivity contribution in [3.63, 3.8) is 0 Å². The van der Waals surface area contributed by atoms with Gasteiger partial charge in [-0.1, -0.05) is 35.9 Å². The Morgan fingerprint density at radius 3 is 2.41 bits per heavy atom. The Kier molecular flexibility index (Phi) is 6.42. The van der Waals surface area contributed by atoms with E-state index in [1.54, 1.807) is 24.3 Å². The largest absolute Gasteiger partial charge is 0.378 e. The van der Waals surface area contributed by atoms with E-state index >= 15 is 0 Å². The van der Waals surface area contributed by atoms with Crippen molar-refractivity contribution in [2.75, 3.05) is 32.1 Å². The lowest BCUT2D eigenvalue weighted by atomic mass is 10.2. The summed E-state index contributed by atoms with van der Waals surface area (Å²) in [5.41, 5.74) is 1.99. The predicted molar refractivity (Wildman–Crippen MR) is 109 cm³/mol. The summed E-state index contributed by atoms with van der Waals surface area (Å²) in [6, 6.07) is 14.5. The van der Waals surface area contributed by atoms with Gasteiger partial charge in [0.05, 0.1) is 11.1 Å². The van der Waals surface area contributed by atoms with Gasteiger partial charge in [0.15, 0.2) is 0 Å². The van der Waals surface area contributed by atoms with Gasteiger partial charge in [-0.15, -0.1) is 0 Å². The normalized spacial score (nSPS) is 17.4. The molecule has 2 aromatic rings. The van der Waals surface area contributed by atoms with E-state index in [1.165, 1.54) is 4.31 Å². The fourth-order valence-corrected chi connectivity index (χ4v) is 5.11. The van der Waals surface area contributed by atoms with Crippen LogP contribution in [0, 0.1) is 0 Å². The first kappa shape index (κ1) is 20.1. The standard InChI is InChI=1S/C20H25ClN2O3S/c1-22(2)17-11-9-16(10-12-17)14-23(15-18-6-5-13-26-18)27(24,25)20-8-4-3-7-19(20)21/h3-4,7-12,18H,5-6,13-15H2,1-2H3/t18-/m1/s1. The Labute approximate surface area is 166 Å².